The molecule has 1 saturated carbocycles. The number of aryl methyl sites for hydroxylation is 1. The summed E-state index contributed by atoms with van der Waals surface area (Å²) < 4.78 is 73.7. The molecule has 4 aromatic rings. The molecule has 1 saturated heterocycles. The lowest BCUT2D eigenvalue weighted by atomic mass is 10.0. The monoisotopic (exact) mass is 679 g/mol. The second-order valence-electron chi connectivity index (χ2n) is 11.3. The number of nitrogens with one attached hydrogen (secondary N) is 1. The number of imide groups is 1. The van der Waals surface area contributed by atoms with Crippen molar-refractivity contribution in [2.45, 2.75) is 39.7 Å². The van der Waals surface area contributed by atoms with Gasteiger partial charge in [-0.15, -0.1) is 11.3 Å². The molecule has 0 aromatic carbocycles. The number of hydrogen-bond acceptors (Lipinski definition) is 8. The van der Waals surface area contributed by atoms with Crippen molar-refractivity contribution in [2.75, 3.05) is 5.32 Å². The quantitative estimate of drug-likeness (QED) is 0.190. The number of likely N-dealkylation sites (tertiary alicyclic amines) is 1. The number of carboxylic acids is 1. The van der Waals surface area contributed by atoms with E-state index in [1.165, 1.54) is 47.8 Å². The van der Waals surface area contributed by atoms with E-state index in [1.54, 1.807) is 18.2 Å². The highest BCUT2D eigenvalue weighted by molar-refractivity contribution is 7.19. The largest absolute Gasteiger partial charge is 0.490 e. The number of fused-ring (bicyclic) bond motifs is 2. The van der Waals surface area contributed by atoms with Gasteiger partial charge in [-0.05, 0) is 42.7 Å². The van der Waals surface area contributed by atoms with Gasteiger partial charge in [0.15, 0.2) is 0 Å². The molecule has 5 heterocycles. The van der Waals surface area contributed by atoms with E-state index in [1.807, 2.05) is 13.8 Å². The molecule has 2 unspecified atom stereocenters. The minimum absolute atomic E-state index is 0.0149. The third-order valence-corrected chi connectivity index (χ3v) is 9.00. The smallest absolute Gasteiger partial charge is 0.475 e. The van der Waals surface area contributed by atoms with Gasteiger partial charge >= 0.3 is 18.3 Å². The van der Waals surface area contributed by atoms with Crippen LogP contribution >= 0.6 is 11.3 Å². The fraction of sp³-hybridized carbons (Fsp3) is 0.300. The fourth-order valence-corrected chi connectivity index (χ4v) is 6.59. The summed E-state index contributed by atoms with van der Waals surface area (Å²) in [5, 5.41) is 9.83. The van der Waals surface area contributed by atoms with E-state index in [0.29, 0.717) is 20.7 Å². The first-order chi connectivity index (χ1) is 21.8. The minimum atomic E-state index is -5.08. The molecule has 10 nitrogen and oxygen atoms in total. The first-order valence-electron chi connectivity index (χ1n) is 13.7. The number of carboxylic acid groups (broad SMARTS) is 1. The number of thiophene rings is 1. The summed E-state index contributed by atoms with van der Waals surface area (Å²) >= 11 is 1.24. The summed E-state index contributed by atoms with van der Waals surface area (Å²) in [4.78, 5) is 61.5. The van der Waals surface area contributed by atoms with Gasteiger partial charge in [-0.3, -0.25) is 29.3 Å². The molecule has 1 aliphatic heterocycles. The van der Waals surface area contributed by atoms with E-state index >= 15 is 0 Å². The van der Waals surface area contributed by atoms with Crippen LogP contribution in [0, 0.1) is 24.2 Å². The molecule has 2 fully saturated rings. The zero-order chi connectivity index (χ0) is 34.6. The zero-order valence-electron chi connectivity index (χ0n) is 24.5. The maximum atomic E-state index is 13.8. The highest BCUT2D eigenvalue weighted by atomic mass is 32.1. The number of nitrogens with zero attached hydrogens (tertiary/aromatic N) is 4. The Bertz CT molecular complexity index is 1900. The molecule has 2 aliphatic rings. The molecule has 0 radical (unpaired) electrons. The number of aliphatic carboxylic acids is 1. The third-order valence-electron chi connectivity index (χ3n) is 7.85. The topological polar surface area (TPSA) is 142 Å². The molecule has 3 amide bonds. The highest BCUT2D eigenvalue weighted by Crippen LogP contribution is 2.63. The second-order valence-corrected chi connectivity index (χ2v) is 12.5. The van der Waals surface area contributed by atoms with Gasteiger partial charge in [-0.2, -0.15) is 26.3 Å². The molecular weight excluding hydrogens is 656 g/mol. The van der Waals surface area contributed by atoms with Crippen LogP contribution in [0.1, 0.15) is 40.5 Å². The van der Waals surface area contributed by atoms with E-state index in [-0.39, 0.29) is 58.1 Å². The number of aromatic nitrogens is 3. The van der Waals surface area contributed by atoms with Crippen LogP contribution in [0.3, 0.4) is 0 Å². The van der Waals surface area contributed by atoms with Crippen molar-refractivity contribution in [1.29, 1.82) is 0 Å². The van der Waals surface area contributed by atoms with Crippen molar-refractivity contribution in [1.82, 2.24) is 19.9 Å². The Morgan fingerprint density at radius 3 is 2.21 bits per heavy atom. The molecule has 6 rings (SSSR count). The van der Waals surface area contributed by atoms with Crippen molar-refractivity contribution in [3.8, 4) is 11.1 Å². The summed E-state index contributed by atoms with van der Waals surface area (Å²) in [6, 6.07) is 7.32. The number of carbonyl (C=O) groups is 4. The molecule has 1 aliphatic carbocycles. The Kier molecular flexibility index (Phi) is 8.32. The van der Waals surface area contributed by atoms with Crippen molar-refractivity contribution >= 4 is 50.9 Å². The molecule has 0 spiro atoms. The van der Waals surface area contributed by atoms with Gasteiger partial charge in [0.1, 0.15) is 5.69 Å². The molecule has 0 bridgehead atoms. The van der Waals surface area contributed by atoms with Gasteiger partial charge < -0.3 is 10.4 Å². The number of hydrogen-bond donors (Lipinski definition) is 2. The average Bonchev–Trinajstić information content (AvgIpc) is 3.21. The molecule has 4 aromatic heterocycles. The van der Waals surface area contributed by atoms with Crippen LogP contribution in [0.25, 0.3) is 21.3 Å². The van der Waals surface area contributed by atoms with Crippen molar-refractivity contribution < 1.29 is 50.6 Å². The molecule has 47 heavy (non-hydrogen) atoms. The Hall–Kier alpha value is -4.93. The van der Waals surface area contributed by atoms with Crippen LogP contribution in [0.5, 0.6) is 0 Å². The van der Waals surface area contributed by atoms with Crippen LogP contribution in [0.15, 0.2) is 48.9 Å². The predicted molar refractivity (Wildman–Crippen MR) is 155 cm³/mol. The number of pyridine rings is 3. The van der Waals surface area contributed by atoms with Crippen molar-refractivity contribution in [2.24, 2.45) is 17.3 Å². The van der Waals surface area contributed by atoms with E-state index in [0.717, 1.165) is 6.07 Å². The summed E-state index contributed by atoms with van der Waals surface area (Å²) in [6.07, 6.45) is -5.48. The number of anilines is 1. The summed E-state index contributed by atoms with van der Waals surface area (Å²) in [7, 11) is 0. The Labute approximate surface area is 265 Å². The van der Waals surface area contributed by atoms with E-state index in [9.17, 15) is 40.7 Å². The highest BCUT2D eigenvalue weighted by Gasteiger charge is 2.72. The number of amides is 3. The number of halogens is 6. The molecular formula is C30H23F6N5O5S. The number of alkyl halides is 6. The van der Waals surface area contributed by atoms with Gasteiger partial charge in [-0.1, -0.05) is 13.8 Å². The first kappa shape index (κ1) is 33.4. The van der Waals surface area contributed by atoms with Crippen LogP contribution in [0.2, 0.25) is 0 Å². The van der Waals surface area contributed by atoms with Gasteiger partial charge in [0, 0.05) is 34.6 Å². The number of piperidine rings is 1. The maximum Gasteiger partial charge on any atom is 0.490 e. The number of rotatable bonds is 5. The second kappa shape index (κ2) is 11.7. The van der Waals surface area contributed by atoms with Crippen molar-refractivity contribution in [3.63, 3.8) is 0 Å². The lowest BCUT2D eigenvalue weighted by molar-refractivity contribution is -0.192. The van der Waals surface area contributed by atoms with Gasteiger partial charge in [0.05, 0.1) is 45.5 Å². The van der Waals surface area contributed by atoms with Crippen LogP contribution < -0.4 is 5.32 Å². The zero-order valence-corrected chi connectivity index (χ0v) is 25.3. The lowest BCUT2D eigenvalue weighted by Crippen LogP contribution is -2.35. The minimum Gasteiger partial charge on any atom is -0.475 e. The predicted octanol–water partition coefficient (Wildman–Crippen LogP) is 6.11. The molecule has 246 valence electrons. The van der Waals surface area contributed by atoms with E-state index in [4.69, 9.17) is 9.90 Å². The Morgan fingerprint density at radius 1 is 1.02 bits per heavy atom. The third kappa shape index (κ3) is 6.39. The molecule has 2 N–H and O–H groups in total. The summed E-state index contributed by atoms with van der Waals surface area (Å²) in [5.74, 6) is -4.34. The summed E-state index contributed by atoms with van der Waals surface area (Å²) in [5.41, 5.74) is -0.0736. The van der Waals surface area contributed by atoms with Crippen LogP contribution in [-0.4, -0.2) is 54.8 Å². The average molecular weight is 680 g/mol. The van der Waals surface area contributed by atoms with E-state index < -0.39 is 29.9 Å². The number of carbonyl (C=O) groups excluding carboxylic acids is 3. The SMILES string of the molecule is Cc1nc(C(F)(F)F)cc(-c2ccnc3cc(CN4C(=O)C5C(C4=O)C5(C)C)sc23)c1NC(=O)c1cccnc1.O=C(O)C(F)(F)F. The first-order valence-corrected chi connectivity index (χ1v) is 14.5. The van der Waals surface area contributed by atoms with Gasteiger partial charge in [0.25, 0.3) is 5.91 Å². The van der Waals surface area contributed by atoms with Crippen LogP contribution in [-0.2, 0) is 27.1 Å². The van der Waals surface area contributed by atoms with Crippen molar-refractivity contribution in [3.05, 3.63) is 70.8 Å². The maximum absolute atomic E-state index is 13.8. The van der Waals surface area contributed by atoms with E-state index in [2.05, 4.69) is 20.3 Å². The standard InChI is InChI=1S/C28H22F3N5O3S.C2HF3O2/c1-13-22(35-24(37)14-5-4-7-32-11-14)17(10-19(34-13)28(29,30)31)16-6-8-33-18-9-15(40-23(16)18)12-36-25(38)20-21(26(36)39)27(20,2)3;3-2(4,5)1(6)7/h4-11,20-21H,12H2,1-3H3,(H,35,37);(H,6,7). The Morgan fingerprint density at radius 2 is 1.66 bits per heavy atom. The fourth-order valence-electron chi connectivity index (χ4n) is 5.46. The lowest BCUT2D eigenvalue weighted by Gasteiger charge is -2.19. The van der Waals surface area contributed by atoms with Crippen LogP contribution in [0.4, 0.5) is 32.0 Å². The molecule has 2 atom stereocenters. The normalized spacial score (nSPS) is 18.4. The van der Waals surface area contributed by atoms with Gasteiger partial charge in [0.2, 0.25) is 11.8 Å². The summed E-state index contributed by atoms with van der Waals surface area (Å²) in [6.45, 7) is 5.27. The van der Waals surface area contributed by atoms with Gasteiger partial charge in [-0.25, -0.2) is 9.78 Å². The Balaban J connectivity index is 0.000000559. The molecule has 17 heteroatoms.